The summed E-state index contributed by atoms with van der Waals surface area (Å²) in [4.78, 5) is 0. The lowest BCUT2D eigenvalue weighted by atomic mass is 9.70. The van der Waals surface area contributed by atoms with Crippen molar-refractivity contribution in [3.8, 4) is 0 Å². The Hall–Kier alpha value is -0.0800. The molecule has 1 fully saturated rings. The Morgan fingerprint density at radius 1 is 1.19 bits per heavy atom. The van der Waals surface area contributed by atoms with E-state index in [1.807, 2.05) is 13.8 Å². The first-order valence-electron chi connectivity index (χ1n) is 6.71. The molecule has 2 heteroatoms. The van der Waals surface area contributed by atoms with Crippen LogP contribution < -0.4 is 0 Å². The fourth-order valence-electron chi connectivity index (χ4n) is 3.00. The summed E-state index contributed by atoms with van der Waals surface area (Å²) in [6.45, 7) is 12.4. The summed E-state index contributed by atoms with van der Waals surface area (Å²) < 4.78 is 11.8. The highest BCUT2D eigenvalue weighted by molar-refractivity contribution is 4.86. The average Bonchev–Trinajstić information content (AvgIpc) is 2.17. The van der Waals surface area contributed by atoms with Gasteiger partial charge in [-0.1, -0.05) is 20.3 Å². The fraction of sp³-hybridized carbons (Fsp3) is 1.00. The molecule has 1 rings (SSSR count). The summed E-state index contributed by atoms with van der Waals surface area (Å²) in [5.74, 6) is 0.164. The summed E-state index contributed by atoms with van der Waals surface area (Å²) in [5.41, 5.74) is 0.443. The Labute approximate surface area is 101 Å². The van der Waals surface area contributed by atoms with Crippen LogP contribution in [0.15, 0.2) is 0 Å². The second kappa shape index (κ2) is 5.50. The Morgan fingerprint density at radius 2 is 1.75 bits per heavy atom. The highest BCUT2D eigenvalue weighted by Crippen LogP contribution is 2.44. The van der Waals surface area contributed by atoms with Gasteiger partial charge in [0.2, 0.25) is 0 Å². The maximum absolute atomic E-state index is 5.88. The maximum Gasteiger partial charge on any atom is 0.168 e. The number of hydrogen-bond acceptors (Lipinski definition) is 2. The number of ether oxygens (including phenoxy) is 2. The molecule has 0 bridgehead atoms. The third-order valence-electron chi connectivity index (χ3n) is 3.81. The van der Waals surface area contributed by atoms with Crippen molar-refractivity contribution in [3.05, 3.63) is 0 Å². The summed E-state index contributed by atoms with van der Waals surface area (Å²) in [6.07, 6.45) is 5.08. The van der Waals surface area contributed by atoms with Gasteiger partial charge >= 0.3 is 0 Å². The summed E-state index contributed by atoms with van der Waals surface area (Å²) in [6, 6.07) is 0. The molecule has 2 nitrogen and oxygen atoms in total. The average molecular weight is 228 g/mol. The highest BCUT2D eigenvalue weighted by atomic mass is 16.7. The molecule has 16 heavy (non-hydrogen) atoms. The normalized spacial score (nSPS) is 25.7. The molecule has 0 spiro atoms. The maximum atomic E-state index is 5.88. The van der Waals surface area contributed by atoms with Gasteiger partial charge in [-0.05, 0) is 45.4 Å². The van der Waals surface area contributed by atoms with Crippen molar-refractivity contribution in [2.24, 2.45) is 11.3 Å². The molecular weight excluding hydrogens is 200 g/mol. The topological polar surface area (TPSA) is 18.5 Å². The molecule has 0 N–H and O–H groups in total. The van der Waals surface area contributed by atoms with Gasteiger partial charge in [-0.15, -0.1) is 0 Å². The van der Waals surface area contributed by atoms with Gasteiger partial charge in [0.1, 0.15) is 0 Å². The minimum atomic E-state index is -0.374. The predicted molar refractivity (Wildman–Crippen MR) is 67.4 cm³/mol. The van der Waals surface area contributed by atoms with Crippen LogP contribution in [0, 0.1) is 11.3 Å². The Kier molecular flexibility index (Phi) is 4.81. The van der Waals surface area contributed by atoms with Crippen molar-refractivity contribution in [1.82, 2.24) is 0 Å². The van der Waals surface area contributed by atoms with Crippen molar-refractivity contribution in [2.75, 3.05) is 13.2 Å². The van der Waals surface area contributed by atoms with Gasteiger partial charge in [0, 0.05) is 19.1 Å². The standard InChI is InChI=1S/C14H28O2/c1-6-15-14(5,16-7-2)12-9-8-10-13(3,4)11-12/h12H,6-11H2,1-5H3. The minimum Gasteiger partial charge on any atom is -0.350 e. The lowest BCUT2D eigenvalue weighted by Crippen LogP contribution is -2.44. The van der Waals surface area contributed by atoms with Gasteiger partial charge in [0.15, 0.2) is 5.79 Å². The Bertz CT molecular complexity index is 205. The molecule has 0 aromatic heterocycles. The molecule has 1 aliphatic rings. The molecule has 0 saturated heterocycles. The van der Waals surface area contributed by atoms with E-state index in [0.717, 1.165) is 13.2 Å². The third kappa shape index (κ3) is 3.46. The van der Waals surface area contributed by atoms with Crippen LogP contribution in [0.1, 0.15) is 60.3 Å². The second-order valence-electron chi connectivity index (χ2n) is 5.84. The first kappa shape index (κ1) is 14.0. The van der Waals surface area contributed by atoms with Crippen LogP contribution in [-0.4, -0.2) is 19.0 Å². The molecule has 0 radical (unpaired) electrons. The molecule has 1 atom stereocenters. The Balaban J connectivity index is 2.70. The quantitative estimate of drug-likeness (QED) is 0.662. The molecule has 1 aliphatic carbocycles. The van der Waals surface area contributed by atoms with Gasteiger partial charge in [-0.2, -0.15) is 0 Å². The molecule has 0 aromatic carbocycles. The van der Waals surface area contributed by atoms with Crippen molar-refractivity contribution in [3.63, 3.8) is 0 Å². The lowest BCUT2D eigenvalue weighted by Gasteiger charge is -2.44. The van der Waals surface area contributed by atoms with Gasteiger partial charge < -0.3 is 9.47 Å². The fourth-order valence-corrected chi connectivity index (χ4v) is 3.00. The van der Waals surface area contributed by atoms with Gasteiger partial charge in [0.05, 0.1) is 0 Å². The summed E-state index contributed by atoms with van der Waals surface area (Å²) in [7, 11) is 0. The van der Waals surface area contributed by atoms with Crippen LogP contribution in [0.4, 0.5) is 0 Å². The van der Waals surface area contributed by atoms with Crippen LogP contribution in [-0.2, 0) is 9.47 Å². The van der Waals surface area contributed by atoms with Crippen molar-refractivity contribution in [2.45, 2.75) is 66.1 Å². The first-order valence-corrected chi connectivity index (χ1v) is 6.71. The van der Waals surface area contributed by atoms with Gasteiger partial charge in [-0.25, -0.2) is 0 Å². The zero-order valence-corrected chi connectivity index (χ0v) is 11.6. The molecule has 1 unspecified atom stereocenters. The van der Waals surface area contributed by atoms with Crippen LogP contribution >= 0.6 is 0 Å². The van der Waals surface area contributed by atoms with E-state index in [9.17, 15) is 0 Å². The van der Waals surface area contributed by atoms with E-state index in [4.69, 9.17) is 9.47 Å². The molecule has 0 amide bonds. The summed E-state index contributed by atoms with van der Waals surface area (Å²) in [5, 5.41) is 0. The van der Waals surface area contributed by atoms with E-state index in [-0.39, 0.29) is 5.79 Å². The van der Waals surface area contributed by atoms with Crippen molar-refractivity contribution in [1.29, 1.82) is 0 Å². The first-order chi connectivity index (χ1) is 7.43. The SMILES string of the molecule is CCOC(C)(OCC)C1CCCC(C)(C)C1. The summed E-state index contributed by atoms with van der Waals surface area (Å²) >= 11 is 0. The lowest BCUT2D eigenvalue weighted by molar-refractivity contribution is -0.261. The molecule has 96 valence electrons. The third-order valence-corrected chi connectivity index (χ3v) is 3.81. The predicted octanol–water partition coefficient (Wildman–Crippen LogP) is 3.99. The molecule has 1 saturated carbocycles. The van der Waals surface area contributed by atoms with Crippen LogP contribution in [0.5, 0.6) is 0 Å². The smallest absolute Gasteiger partial charge is 0.168 e. The molecular formula is C14H28O2. The molecule has 0 aliphatic heterocycles. The van der Waals surface area contributed by atoms with E-state index in [1.54, 1.807) is 0 Å². The zero-order valence-electron chi connectivity index (χ0n) is 11.6. The zero-order chi connectivity index (χ0) is 12.2. The van der Waals surface area contributed by atoms with E-state index in [2.05, 4.69) is 20.8 Å². The van der Waals surface area contributed by atoms with Gasteiger partial charge in [-0.3, -0.25) is 0 Å². The van der Waals surface area contributed by atoms with Crippen LogP contribution in [0.3, 0.4) is 0 Å². The van der Waals surface area contributed by atoms with Crippen molar-refractivity contribution >= 4 is 0 Å². The van der Waals surface area contributed by atoms with E-state index in [0.29, 0.717) is 11.3 Å². The van der Waals surface area contributed by atoms with E-state index >= 15 is 0 Å². The molecule has 0 aromatic rings. The number of rotatable bonds is 5. The second-order valence-corrected chi connectivity index (χ2v) is 5.84. The van der Waals surface area contributed by atoms with E-state index in [1.165, 1.54) is 25.7 Å². The van der Waals surface area contributed by atoms with E-state index < -0.39 is 0 Å². The van der Waals surface area contributed by atoms with Crippen LogP contribution in [0.25, 0.3) is 0 Å². The van der Waals surface area contributed by atoms with Crippen LogP contribution in [0.2, 0.25) is 0 Å². The number of hydrogen-bond donors (Lipinski definition) is 0. The van der Waals surface area contributed by atoms with Crippen molar-refractivity contribution < 1.29 is 9.47 Å². The minimum absolute atomic E-state index is 0.374. The Morgan fingerprint density at radius 3 is 2.19 bits per heavy atom. The largest absolute Gasteiger partial charge is 0.350 e. The monoisotopic (exact) mass is 228 g/mol. The molecule has 0 heterocycles. The highest BCUT2D eigenvalue weighted by Gasteiger charge is 2.41. The van der Waals surface area contributed by atoms with Gasteiger partial charge in [0.25, 0.3) is 0 Å².